The molecule has 4 nitrogen and oxygen atoms in total. The van der Waals surface area contributed by atoms with Crippen LogP contribution in [-0.2, 0) is 16.0 Å². The molecule has 2 amide bonds. The van der Waals surface area contributed by atoms with E-state index in [1.165, 1.54) is 24.8 Å². The zero-order chi connectivity index (χ0) is 16.7. The molecule has 0 spiro atoms. The maximum absolute atomic E-state index is 12.0. The van der Waals surface area contributed by atoms with Crippen molar-refractivity contribution in [2.45, 2.75) is 58.4 Å². The van der Waals surface area contributed by atoms with Gasteiger partial charge in [0.15, 0.2) is 0 Å². The van der Waals surface area contributed by atoms with E-state index in [-0.39, 0.29) is 11.8 Å². The largest absolute Gasteiger partial charge is 0.354 e. The van der Waals surface area contributed by atoms with Crippen LogP contribution in [0.3, 0.4) is 0 Å². The first-order chi connectivity index (χ1) is 11.1. The van der Waals surface area contributed by atoms with E-state index in [0.717, 1.165) is 18.4 Å². The second-order valence-electron chi connectivity index (χ2n) is 6.52. The summed E-state index contributed by atoms with van der Waals surface area (Å²) in [4.78, 5) is 25.8. The zero-order valence-electron chi connectivity index (χ0n) is 14.3. The Morgan fingerprint density at radius 2 is 1.78 bits per heavy atom. The minimum Gasteiger partial charge on any atom is -0.354 e. The SMILES string of the molecule is CC(=O)N(CCNC(=O)Cc1ccc(C)cc1)C1CCCCC1. The van der Waals surface area contributed by atoms with E-state index in [4.69, 9.17) is 0 Å². The van der Waals surface area contributed by atoms with E-state index in [1.807, 2.05) is 36.1 Å². The lowest BCUT2D eigenvalue weighted by atomic mass is 9.94. The lowest BCUT2D eigenvalue weighted by molar-refractivity contribution is -0.132. The highest BCUT2D eigenvalue weighted by Gasteiger charge is 2.22. The number of aryl methyl sites for hydroxylation is 1. The van der Waals surface area contributed by atoms with Gasteiger partial charge in [-0.15, -0.1) is 0 Å². The van der Waals surface area contributed by atoms with Gasteiger partial charge in [-0.05, 0) is 25.3 Å². The van der Waals surface area contributed by atoms with Crippen molar-refractivity contribution in [1.29, 1.82) is 0 Å². The van der Waals surface area contributed by atoms with Crippen LogP contribution in [-0.4, -0.2) is 35.8 Å². The summed E-state index contributed by atoms with van der Waals surface area (Å²) >= 11 is 0. The smallest absolute Gasteiger partial charge is 0.224 e. The molecule has 1 aromatic rings. The molecule has 0 bridgehead atoms. The minimum absolute atomic E-state index is 0.0148. The fourth-order valence-corrected chi connectivity index (χ4v) is 3.26. The third-order valence-corrected chi connectivity index (χ3v) is 4.58. The molecule has 126 valence electrons. The second kappa shape index (κ2) is 8.70. The highest BCUT2D eigenvalue weighted by molar-refractivity contribution is 5.78. The third kappa shape index (κ3) is 5.70. The summed E-state index contributed by atoms with van der Waals surface area (Å²) in [6.07, 6.45) is 6.26. The summed E-state index contributed by atoms with van der Waals surface area (Å²) in [5, 5.41) is 2.94. The van der Waals surface area contributed by atoms with E-state index in [1.54, 1.807) is 6.92 Å². The van der Waals surface area contributed by atoms with Crippen LogP contribution < -0.4 is 5.32 Å². The van der Waals surface area contributed by atoms with Gasteiger partial charge in [-0.2, -0.15) is 0 Å². The van der Waals surface area contributed by atoms with E-state index >= 15 is 0 Å². The Balaban J connectivity index is 1.76. The maximum Gasteiger partial charge on any atom is 0.224 e. The number of amides is 2. The van der Waals surface area contributed by atoms with Crippen LogP contribution in [0.5, 0.6) is 0 Å². The Morgan fingerprint density at radius 3 is 2.39 bits per heavy atom. The normalized spacial score (nSPS) is 15.2. The van der Waals surface area contributed by atoms with Crippen LogP contribution >= 0.6 is 0 Å². The molecule has 1 aliphatic rings. The first-order valence-corrected chi connectivity index (χ1v) is 8.65. The summed E-state index contributed by atoms with van der Waals surface area (Å²) < 4.78 is 0. The van der Waals surface area contributed by atoms with Crippen molar-refractivity contribution in [2.24, 2.45) is 0 Å². The van der Waals surface area contributed by atoms with Crippen molar-refractivity contribution >= 4 is 11.8 Å². The van der Waals surface area contributed by atoms with Crippen LogP contribution in [0.4, 0.5) is 0 Å². The molecular formula is C19H28N2O2. The molecule has 1 fully saturated rings. The highest BCUT2D eigenvalue weighted by Crippen LogP contribution is 2.22. The summed E-state index contributed by atoms with van der Waals surface area (Å²) in [7, 11) is 0. The van der Waals surface area contributed by atoms with Crippen molar-refractivity contribution in [2.75, 3.05) is 13.1 Å². The second-order valence-corrected chi connectivity index (χ2v) is 6.52. The molecule has 1 saturated carbocycles. The third-order valence-electron chi connectivity index (χ3n) is 4.58. The van der Waals surface area contributed by atoms with Gasteiger partial charge in [-0.1, -0.05) is 49.1 Å². The van der Waals surface area contributed by atoms with Crippen LogP contribution in [0.1, 0.15) is 50.2 Å². The number of benzene rings is 1. The number of nitrogens with zero attached hydrogens (tertiary/aromatic N) is 1. The van der Waals surface area contributed by atoms with Gasteiger partial charge >= 0.3 is 0 Å². The summed E-state index contributed by atoms with van der Waals surface area (Å²) in [5.41, 5.74) is 2.21. The number of nitrogens with one attached hydrogen (secondary N) is 1. The van der Waals surface area contributed by atoms with Crippen molar-refractivity contribution in [1.82, 2.24) is 10.2 Å². The number of carbonyl (C=O) groups is 2. The van der Waals surface area contributed by atoms with Crippen molar-refractivity contribution in [3.8, 4) is 0 Å². The lowest BCUT2D eigenvalue weighted by Gasteiger charge is -2.33. The lowest BCUT2D eigenvalue weighted by Crippen LogP contribution is -2.44. The van der Waals surface area contributed by atoms with Gasteiger partial charge in [-0.25, -0.2) is 0 Å². The molecule has 1 aliphatic carbocycles. The van der Waals surface area contributed by atoms with Gasteiger partial charge in [0.2, 0.25) is 11.8 Å². The fraction of sp³-hybridized carbons (Fsp3) is 0.579. The molecule has 1 N–H and O–H groups in total. The first kappa shape index (κ1) is 17.5. The number of carbonyl (C=O) groups excluding carboxylic acids is 2. The van der Waals surface area contributed by atoms with Crippen LogP contribution in [0.25, 0.3) is 0 Å². The Kier molecular flexibility index (Phi) is 6.63. The zero-order valence-corrected chi connectivity index (χ0v) is 14.3. The minimum atomic E-state index is 0.0148. The van der Waals surface area contributed by atoms with Gasteiger partial charge in [0, 0.05) is 26.1 Å². The molecule has 1 aromatic carbocycles. The molecule has 0 heterocycles. The quantitative estimate of drug-likeness (QED) is 0.877. The molecule has 23 heavy (non-hydrogen) atoms. The Hall–Kier alpha value is -1.84. The molecule has 0 saturated heterocycles. The summed E-state index contributed by atoms with van der Waals surface area (Å²) in [6, 6.07) is 8.36. The highest BCUT2D eigenvalue weighted by atomic mass is 16.2. The van der Waals surface area contributed by atoms with Gasteiger partial charge in [-0.3, -0.25) is 9.59 Å². The average molecular weight is 316 g/mol. The molecule has 0 aromatic heterocycles. The van der Waals surface area contributed by atoms with Crippen molar-refractivity contribution in [3.63, 3.8) is 0 Å². The number of hydrogen-bond donors (Lipinski definition) is 1. The summed E-state index contributed by atoms with van der Waals surface area (Å²) in [6.45, 7) is 4.80. The topological polar surface area (TPSA) is 49.4 Å². The van der Waals surface area contributed by atoms with Crippen LogP contribution in [0.2, 0.25) is 0 Å². The molecule has 0 atom stereocenters. The van der Waals surface area contributed by atoms with Gasteiger partial charge in [0.1, 0.15) is 0 Å². The standard InChI is InChI=1S/C19H28N2O2/c1-15-8-10-17(11-9-15)14-19(23)20-12-13-21(16(2)22)18-6-4-3-5-7-18/h8-11,18H,3-7,12-14H2,1-2H3,(H,20,23). The Morgan fingerprint density at radius 1 is 1.13 bits per heavy atom. The van der Waals surface area contributed by atoms with Crippen LogP contribution in [0.15, 0.2) is 24.3 Å². The summed E-state index contributed by atoms with van der Waals surface area (Å²) in [5.74, 6) is 0.130. The van der Waals surface area contributed by atoms with Gasteiger partial charge < -0.3 is 10.2 Å². The van der Waals surface area contributed by atoms with E-state index < -0.39 is 0 Å². The van der Waals surface area contributed by atoms with Crippen molar-refractivity contribution < 1.29 is 9.59 Å². The van der Waals surface area contributed by atoms with Gasteiger partial charge in [0.05, 0.1) is 6.42 Å². The maximum atomic E-state index is 12.0. The molecule has 0 radical (unpaired) electrons. The van der Waals surface area contributed by atoms with E-state index in [0.29, 0.717) is 25.6 Å². The molecule has 2 rings (SSSR count). The first-order valence-electron chi connectivity index (χ1n) is 8.65. The number of rotatable bonds is 6. The predicted octanol–water partition coefficient (Wildman–Crippen LogP) is 2.83. The Bertz CT molecular complexity index is 519. The van der Waals surface area contributed by atoms with Crippen LogP contribution in [0, 0.1) is 6.92 Å². The Labute approximate surface area is 139 Å². The van der Waals surface area contributed by atoms with Crippen molar-refractivity contribution in [3.05, 3.63) is 35.4 Å². The van der Waals surface area contributed by atoms with E-state index in [2.05, 4.69) is 5.32 Å². The predicted molar refractivity (Wildman–Crippen MR) is 92.2 cm³/mol. The molecule has 0 unspecified atom stereocenters. The fourth-order valence-electron chi connectivity index (χ4n) is 3.26. The monoisotopic (exact) mass is 316 g/mol. The van der Waals surface area contributed by atoms with Gasteiger partial charge in [0.25, 0.3) is 0 Å². The molecule has 4 heteroatoms. The average Bonchev–Trinajstić information content (AvgIpc) is 2.54. The number of hydrogen-bond acceptors (Lipinski definition) is 2. The van der Waals surface area contributed by atoms with E-state index in [9.17, 15) is 9.59 Å². The molecule has 0 aliphatic heterocycles. The molecular weight excluding hydrogens is 288 g/mol.